The fraction of sp³-hybridized carbons (Fsp3) is 0.273. The van der Waals surface area contributed by atoms with Gasteiger partial charge in [-0.05, 0) is 31.2 Å². The summed E-state index contributed by atoms with van der Waals surface area (Å²) in [5.41, 5.74) is -3.59. The number of aliphatic carboxylic acids is 1. The number of carboxylic acids is 1. The highest BCUT2D eigenvalue weighted by atomic mass is 19.4. The molecule has 1 unspecified atom stereocenters. The van der Waals surface area contributed by atoms with E-state index in [1.165, 1.54) is 5.32 Å². The van der Waals surface area contributed by atoms with E-state index in [-0.39, 0.29) is 11.3 Å². The van der Waals surface area contributed by atoms with Gasteiger partial charge in [0.15, 0.2) is 0 Å². The summed E-state index contributed by atoms with van der Waals surface area (Å²) >= 11 is 0. The predicted octanol–water partition coefficient (Wildman–Crippen LogP) is 1.53. The maximum absolute atomic E-state index is 12.7. The van der Waals surface area contributed by atoms with E-state index >= 15 is 0 Å². The molecule has 1 aromatic rings. The number of nitrogens with one attached hydrogen (secondary N) is 1. The van der Waals surface area contributed by atoms with Crippen molar-refractivity contribution in [3.8, 4) is 5.75 Å². The van der Waals surface area contributed by atoms with E-state index in [2.05, 4.69) is 0 Å². The number of hydrogen-bond donors (Lipinski definition) is 3. The first-order chi connectivity index (χ1) is 8.58. The Balaban J connectivity index is 3.02. The third-order valence-corrected chi connectivity index (χ3v) is 2.49. The summed E-state index contributed by atoms with van der Waals surface area (Å²) in [7, 11) is 0. The van der Waals surface area contributed by atoms with E-state index in [1.807, 2.05) is 0 Å². The number of carbonyl (C=O) groups excluding carboxylic acids is 1. The normalized spacial score (nSPS) is 14.5. The molecule has 8 heteroatoms. The molecule has 3 N–H and O–H groups in total. The minimum Gasteiger partial charge on any atom is -0.508 e. The highest BCUT2D eigenvalue weighted by Crippen LogP contribution is 2.30. The molecular formula is C11H10F3NO4. The third kappa shape index (κ3) is 2.95. The summed E-state index contributed by atoms with van der Waals surface area (Å²) in [6.45, 7) is 0.355. The highest BCUT2D eigenvalue weighted by Gasteiger charge is 2.58. The smallest absolute Gasteiger partial charge is 0.422 e. The van der Waals surface area contributed by atoms with Gasteiger partial charge in [0, 0.05) is 5.56 Å². The number of rotatable bonds is 3. The van der Waals surface area contributed by atoms with Crippen molar-refractivity contribution >= 4 is 11.9 Å². The predicted molar refractivity (Wildman–Crippen MR) is 57.7 cm³/mol. The molecule has 5 nitrogen and oxygen atoms in total. The van der Waals surface area contributed by atoms with Crippen LogP contribution in [0.4, 0.5) is 13.2 Å². The molecule has 0 saturated carbocycles. The second kappa shape index (κ2) is 4.79. The Morgan fingerprint density at radius 2 is 1.63 bits per heavy atom. The Morgan fingerprint density at radius 1 is 1.16 bits per heavy atom. The zero-order valence-corrected chi connectivity index (χ0v) is 9.65. The molecule has 1 rings (SSSR count). The van der Waals surface area contributed by atoms with Gasteiger partial charge < -0.3 is 15.5 Å². The highest BCUT2D eigenvalue weighted by molar-refractivity contribution is 5.98. The van der Waals surface area contributed by atoms with E-state index in [0.717, 1.165) is 24.3 Å². The molecule has 104 valence electrons. The zero-order chi connectivity index (χ0) is 14.8. The van der Waals surface area contributed by atoms with Crippen LogP contribution in [0.3, 0.4) is 0 Å². The number of halogens is 3. The van der Waals surface area contributed by atoms with Crippen molar-refractivity contribution in [2.45, 2.75) is 18.6 Å². The number of carboxylic acid groups (broad SMARTS) is 1. The first-order valence-corrected chi connectivity index (χ1v) is 4.99. The summed E-state index contributed by atoms with van der Waals surface area (Å²) < 4.78 is 38.0. The average molecular weight is 277 g/mol. The van der Waals surface area contributed by atoms with Gasteiger partial charge in [0.1, 0.15) is 5.75 Å². The number of amides is 1. The molecule has 0 aliphatic rings. The number of aromatic hydroxyl groups is 1. The van der Waals surface area contributed by atoms with Gasteiger partial charge in [-0.15, -0.1) is 0 Å². The van der Waals surface area contributed by atoms with Gasteiger partial charge in [-0.3, -0.25) is 4.79 Å². The minimum atomic E-state index is -5.15. The van der Waals surface area contributed by atoms with Gasteiger partial charge in [0.25, 0.3) is 5.91 Å². The molecule has 0 saturated heterocycles. The number of phenolic OH excluding ortho intramolecular Hbond substituents is 1. The van der Waals surface area contributed by atoms with Crippen molar-refractivity contribution in [3.05, 3.63) is 29.8 Å². The first-order valence-electron chi connectivity index (χ1n) is 4.99. The lowest BCUT2D eigenvalue weighted by atomic mass is 10.0. The minimum absolute atomic E-state index is 0.173. The Hall–Kier alpha value is -2.25. The molecule has 0 radical (unpaired) electrons. The molecular weight excluding hydrogens is 267 g/mol. The molecule has 0 aromatic heterocycles. The van der Waals surface area contributed by atoms with Gasteiger partial charge >= 0.3 is 12.1 Å². The van der Waals surface area contributed by atoms with Crippen molar-refractivity contribution in [1.82, 2.24) is 5.32 Å². The lowest BCUT2D eigenvalue weighted by Crippen LogP contribution is -2.61. The van der Waals surface area contributed by atoms with Gasteiger partial charge in [0.05, 0.1) is 0 Å². The standard InChI is InChI=1S/C11H10F3NO4/c1-10(9(18)19,11(12,13)14)15-8(17)6-2-4-7(16)5-3-6/h2-5,16H,1H3,(H,15,17)(H,18,19). The Labute approximate surface area is 105 Å². The molecule has 1 amide bonds. The molecule has 1 aromatic carbocycles. The zero-order valence-electron chi connectivity index (χ0n) is 9.65. The molecule has 0 bridgehead atoms. The van der Waals surface area contributed by atoms with Crippen molar-refractivity contribution in [2.24, 2.45) is 0 Å². The first kappa shape index (κ1) is 14.8. The largest absolute Gasteiger partial charge is 0.508 e. The number of phenols is 1. The van der Waals surface area contributed by atoms with E-state index in [1.54, 1.807) is 0 Å². The Bertz CT molecular complexity index is 498. The Kier molecular flexibility index (Phi) is 3.73. The van der Waals surface area contributed by atoms with Crippen LogP contribution in [-0.4, -0.2) is 33.8 Å². The molecule has 0 spiro atoms. The van der Waals surface area contributed by atoms with Gasteiger partial charge in [-0.2, -0.15) is 13.2 Å². The van der Waals surface area contributed by atoms with Gasteiger partial charge in [-0.1, -0.05) is 0 Å². The van der Waals surface area contributed by atoms with Crippen LogP contribution in [-0.2, 0) is 4.79 Å². The van der Waals surface area contributed by atoms with Crippen LogP contribution >= 0.6 is 0 Å². The van der Waals surface area contributed by atoms with Crippen LogP contribution in [0.5, 0.6) is 5.75 Å². The van der Waals surface area contributed by atoms with Crippen LogP contribution in [0, 0.1) is 0 Å². The van der Waals surface area contributed by atoms with Gasteiger partial charge in [0.2, 0.25) is 5.54 Å². The van der Waals surface area contributed by atoms with Crippen molar-refractivity contribution < 1.29 is 33.0 Å². The van der Waals surface area contributed by atoms with Crippen LogP contribution < -0.4 is 5.32 Å². The maximum atomic E-state index is 12.7. The van der Waals surface area contributed by atoms with E-state index in [9.17, 15) is 22.8 Å². The molecule has 19 heavy (non-hydrogen) atoms. The fourth-order valence-electron chi connectivity index (χ4n) is 1.16. The fourth-order valence-corrected chi connectivity index (χ4v) is 1.16. The lowest BCUT2D eigenvalue weighted by Gasteiger charge is -2.28. The molecule has 1 atom stereocenters. The van der Waals surface area contributed by atoms with Crippen LogP contribution in [0.1, 0.15) is 17.3 Å². The van der Waals surface area contributed by atoms with Crippen LogP contribution in [0.2, 0.25) is 0 Å². The average Bonchev–Trinajstić information content (AvgIpc) is 2.27. The third-order valence-electron chi connectivity index (χ3n) is 2.49. The second-order valence-electron chi connectivity index (χ2n) is 3.93. The number of hydrogen-bond acceptors (Lipinski definition) is 3. The summed E-state index contributed by atoms with van der Waals surface area (Å²) in [6.07, 6.45) is -5.15. The molecule has 0 aliphatic heterocycles. The maximum Gasteiger partial charge on any atom is 0.422 e. The SMILES string of the molecule is CC(NC(=O)c1ccc(O)cc1)(C(=O)O)C(F)(F)F. The summed E-state index contributed by atoms with van der Waals surface area (Å²) in [5.74, 6) is -3.59. The summed E-state index contributed by atoms with van der Waals surface area (Å²) in [4.78, 5) is 22.3. The van der Waals surface area contributed by atoms with Crippen LogP contribution in [0.15, 0.2) is 24.3 Å². The number of benzene rings is 1. The van der Waals surface area contributed by atoms with E-state index < -0.39 is 23.6 Å². The number of alkyl halides is 3. The van der Waals surface area contributed by atoms with Crippen molar-refractivity contribution in [2.75, 3.05) is 0 Å². The quantitative estimate of drug-likeness (QED) is 0.782. The topological polar surface area (TPSA) is 86.6 Å². The monoisotopic (exact) mass is 277 g/mol. The Morgan fingerprint density at radius 3 is 2.00 bits per heavy atom. The number of carbonyl (C=O) groups is 2. The summed E-state index contributed by atoms with van der Waals surface area (Å²) in [6, 6.07) is 4.34. The molecule has 0 fully saturated rings. The second-order valence-corrected chi connectivity index (χ2v) is 3.93. The van der Waals surface area contributed by atoms with E-state index in [4.69, 9.17) is 10.2 Å². The lowest BCUT2D eigenvalue weighted by molar-refractivity contribution is -0.203. The van der Waals surface area contributed by atoms with Crippen LogP contribution in [0.25, 0.3) is 0 Å². The molecule has 0 heterocycles. The van der Waals surface area contributed by atoms with Gasteiger partial charge in [-0.25, -0.2) is 4.79 Å². The van der Waals surface area contributed by atoms with E-state index in [0.29, 0.717) is 6.92 Å². The van der Waals surface area contributed by atoms with Crippen molar-refractivity contribution in [1.29, 1.82) is 0 Å². The summed E-state index contributed by atoms with van der Waals surface area (Å²) in [5, 5.41) is 19.0. The van der Waals surface area contributed by atoms with Crippen molar-refractivity contribution in [3.63, 3.8) is 0 Å². The molecule has 0 aliphatic carbocycles.